The quantitative estimate of drug-likeness (QED) is 0.725. The molecule has 2 N–H and O–H groups in total. The van der Waals surface area contributed by atoms with Crippen molar-refractivity contribution in [3.05, 3.63) is 0 Å². The first-order chi connectivity index (χ1) is 7.02. The van der Waals surface area contributed by atoms with Crippen LogP contribution >= 0.6 is 0 Å². The molecule has 0 aliphatic heterocycles. The normalized spacial score (nSPS) is 21.5. The summed E-state index contributed by atoms with van der Waals surface area (Å²) in [5.41, 5.74) is 0. The smallest absolute Gasteiger partial charge is 0.314 e. The topological polar surface area (TPSA) is 49.3 Å². The lowest BCUT2D eigenvalue weighted by Crippen LogP contribution is -2.35. The van der Waals surface area contributed by atoms with Crippen LogP contribution in [0.5, 0.6) is 0 Å². The molecule has 1 rings (SSSR count). The van der Waals surface area contributed by atoms with E-state index in [0.29, 0.717) is 6.04 Å². The standard InChI is InChI=1S/C9H17F2NO2S/c10-9(11,15(13)14)6-7-12-8-4-2-1-3-5-8/h8,12H,1-7H2,(H,13,14). The van der Waals surface area contributed by atoms with Crippen LogP contribution in [0.3, 0.4) is 0 Å². The Hall–Kier alpha value is -0.0700. The molecule has 0 saturated heterocycles. The fourth-order valence-corrected chi connectivity index (χ4v) is 2.09. The van der Waals surface area contributed by atoms with Gasteiger partial charge in [-0.2, -0.15) is 8.78 Å². The van der Waals surface area contributed by atoms with Crippen LogP contribution in [0.25, 0.3) is 0 Å². The Balaban J connectivity index is 2.17. The van der Waals surface area contributed by atoms with Gasteiger partial charge in [-0.3, -0.25) is 0 Å². The van der Waals surface area contributed by atoms with E-state index < -0.39 is 22.8 Å². The highest BCUT2D eigenvalue weighted by Crippen LogP contribution is 2.22. The molecule has 90 valence electrons. The molecule has 1 aliphatic rings. The summed E-state index contributed by atoms with van der Waals surface area (Å²) in [6.07, 6.45) is 4.96. The second-order valence-electron chi connectivity index (χ2n) is 3.93. The molecule has 1 saturated carbocycles. The first kappa shape index (κ1) is 13.0. The fourth-order valence-electron chi connectivity index (χ4n) is 1.82. The number of alkyl halides is 2. The van der Waals surface area contributed by atoms with E-state index in [4.69, 9.17) is 4.55 Å². The molecular formula is C9H17F2NO2S. The van der Waals surface area contributed by atoms with Gasteiger partial charge in [0.05, 0.1) is 0 Å². The zero-order chi connectivity index (χ0) is 11.3. The molecule has 0 radical (unpaired) electrons. The van der Waals surface area contributed by atoms with Gasteiger partial charge >= 0.3 is 5.25 Å². The van der Waals surface area contributed by atoms with E-state index in [9.17, 15) is 13.0 Å². The van der Waals surface area contributed by atoms with Crippen LogP contribution in [0.15, 0.2) is 0 Å². The summed E-state index contributed by atoms with van der Waals surface area (Å²) in [5.74, 6) is 0. The third-order valence-electron chi connectivity index (χ3n) is 2.71. The van der Waals surface area contributed by atoms with E-state index >= 15 is 0 Å². The average Bonchev–Trinajstić information content (AvgIpc) is 2.19. The molecule has 0 amide bonds. The van der Waals surface area contributed by atoms with E-state index in [-0.39, 0.29) is 6.54 Å². The van der Waals surface area contributed by atoms with Crippen LogP contribution in [0, 0.1) is 0 Å². The molecule has 0 aromatic carbocycles. The summed E-state index contributed by atoms with van der Waals surface area (Å²) >= 11 is -3.06. The predicted molar refractivity (Wildman–Crippen MR) is 55.2 cm³/mol. The van der Waals surface area contributed by atoms with Crippen LogP contribution < -0.4 is 5.32 Å². The molecule has 1 aliphatic carbocycles. The maximum absolute atomic E-state index is 12.7. The Morgan fingerprint density at radius 3 is 2.47 bits per heavy atom. The molecule has 0 bridgehead atoms. The van der Waals surface area contributed by atoms with Gasteiger partial charge in [-0.1, -0.05) is 19.3 Å². The minimum atomic E-state index is -3.48. The van der Waals surface area contributed by atoms with E-state index in [2.05, 4.69) is 5.32 Å². The Morgan fingerprint density at radius 1 is 1.33 bits per heavy atom. The molecular weight excluding hydrogens is 224 g/mol. The molecule has 3 nitrogen and oxygen atoms in total. The Morgan fingerprint density at radius 2 is 1.93 bits per heavy atom. The van der Waals surface area contributed by atoms with Crippen molar-refractivity contribution in [1.82, 2.24) is 5.32 Å². The zero-order valence-electron chi connectivity index (χ0n) is 8.55. The number of hydrogen-bond donors (Lipinski definition) is 2. The highest BCUT2D eigenvalue weighted by atomic mass is 32.2. The number of halogens is 2. The summed E-state index contributed by atoms with van der Waals surface area (Å²) in [4.78, 5) is 0. The van der Waals surface area contributed by atoms with E-state index in [0.717, 1.165) is 25.7 Å². The third-order valence-corrected chi connectivity index (χ3v) is 3.42. The van der Waals surface area contributed by atoms with Crippen LogP contribution in [0.1, 0.15) is 38.5 Å². The van der Waals surface area contributed by atoms with Gasteiger partial charge in [0.2, 0.25) is 11.1 Å². The summed E-state index contributed by atoms with van der Waals surface area (Å²) in [6, 6.07) is 0.307. The van der Waals surface area contributed by atoms with Crippen molar-refractivity contribution in [2.75, 3.05) is 6.54 Å². The van der Waals surface area contributed by atoms with Gasteiger partial charge in [-0.15, -0.1) is 0 Å². The maximum Gasteiger partial charge on any atom is 0.346 e. The number of hydrogen-bond acceptors (Lipinski definition) is 2. The first-order valence-electron chi connectivity index (χ1n) is 5.24. The molecule has 0 aromatic heterocycles. The summed E-state index contributed by atoms with van der Waals surface area (Å²) in [5, 5.41) is -0.477. The van der Waals surface area contributed by atoms with Gasteiger partial charge in [0, 0.05) is 19.0 Å². The minimum Gasteiger partial charge on any atom is -0.314 e. The molecule has 1 fully saturated rings. The van der Waals surface area contributed by atoms with Crippen molar-refractivity contribution in [1.29, 1.82) is 0 Å². The Bertz CT molecular complexity index is 220. The van der Waals surface area contributed by atoms with Crippen molar-refractivity contribution in [2.24, 2.45) is 0 Å². The highest BCUT2D eigenvalue weighted by Gasteiger charge is 2.35. The van der Waals surface area contributed by atoms with Gasteiger partial charge in [0.1, 0.15) is 0 Å². The van der Waals surface area contributed by atoms with Crippen LogP contribution in [0.4, 0.5) is 8.78 Å². The van der Waals surface area contributed by atoms with E-state index in [1.54, 1.807) is 0 Å². The highest BCUT2D eigenvalue weighted by molar-refractivity contribution is 7.80. The summed E-state index contributed by atoms with van der Waals surface area (Å²) in [6.45, 7) is 0.101. The monoisotopic (exact) mass is 241 g/mol. The van der Waals surface area contributed by atoms with Crippen molar-refractivity contribution in [2.45, 2.75) is 49.8 Å². The molecule has 0 heterocycles. The van der Waals surface area contributed by atoms with Gasteiger partial charge in [0.15, 0.2) is 0 Å². The van der Waals surface area contributed by atoms with Crippen molar-refractivity contribution >= 4 is 11.1 Å². The lowest BCUT2D eigenvalue weighted by molar-refractivity contribution is 0.0789. The average molecular weight is 241 g/mol. The van der Waals surface area contributed by atoms with E-state index in [1.165, 1.54) is 6.42 Å². The second kappa shape index (κ2) is 5.86. The lowest BCUT2D eigenvalue weighted by Gasteiger charge is -2.23. The van der Waals surface area contributed by atoms with Gasteiger partial charge in [-0.05, 0) is 12.8 Å². The molecule has 15 heavy (non-hydrogen) atoms. The summed E-state index contributed by atoms with van der Waals surface area (Å²) < 4.78 is 44.0. The molecule has 0 aromatic rings. The number of nitrogens with one attached hydrogen (secondary N) is 1. The van der Waals surface area contributed by atoms with Gasteiger partial charge in [-0.25, -0.2) is 4.21 Å². The maximum atomic E-state index is 12.7. The number of rotatable bonds is 5. The van der Waals surface area contributed by atoms with Crippen molar-refractivity contribution < 1.29 is 17.5 Å². The molecule has 1 unspecified atom stereocenters. The lowest BCUT2D eigenvalue weighted by atomic mass is 9.95. The molecule has 0 spiro atoms. The SMILES string of the molecule is O=S(O)C(F)(F)CCNC1CCCCC1. The van der Waals surface area contributed by atoms with Crippen LogP contribution in [-0.2, 0) is 11.1 Å². The Labute approximate surface area is 90.9 Å². The third kappa shape index (κ3) is 4.53. The zero-order valence-corrected chi connectivity index (χ0v) is 9.36. The van der Waals surface area contributed by atoms with Crippen molar-refractivity contribution in [3.8, 4) is 0 Å². The minimum absolute atomic E-state index is 0.101. The predicted octanol–water partition coefficient (Wildman–Crippen LogP) is 2.11. The molecule has 6 heteroatoms. The fraction of sp³-hybridized carbons (Fsp3) is 1.00. The largest absolute Gasteiger partial charge is 0.346 e. The van der Waals surface area contributed by atoms with Crippen LogP contribution in [0.2, 0.25) is 0 Å². The second-order valence-corrected chi connectivity index (χ2v) is 5.02. The van der Waals surface area contributed by atoms with Crippen molar-refractivity contribution in [3.63, 3.8) is 0 Å². The van der Waals surface area contributed by atoms with Crippen LogP contribution in [-0.4, -0.2) is 26.6 Å². The Kier molecular flexibility index (Phi) is 5.08. The van der Waals surface area contributed by atoms with E-state index in [1.807, 2.05) is 0 Å². The van der Waals surface area contributed by atoms with Gasteiger partial charge in [0.25, 0.3) is 0 Å². The summed E-state index contributed by atoms with van der Waals surface area (Å²) in [7, 11) is 0. The van der Waals surface area contributed by atoms with Gasteiger partial charge < -0.3 is 9.87 Å². The first-order valence-corrected chi connectivity index (χ1v) is 6.35. The molecule has 1 atom stereocenters.